The highest BCUT2D eigenvalue weighted by Crippen LogP contribution is 2.36. The van der Waals surface area contributed by atoms with E-state index < -0.39 is 17.6 Å². The van der Waals surface area contributed by atoms with Crippen LogP contribution in [-0.2, 0) is 6.18 Å². The summed E-state index contributed by atoms with van der Waals surface area (Å²) in [5.41, 5.74) is 1.68. The molecule has 2 N–H and O–H groups in total. The summed E-state index contributed by atoms with van der Waals surface area (Å²) in [5, 5.41) is 16.1. The number of carbonyl (C=O) groups excluding carboxylic acids is 1. The lowest BCUT2D eigenvalue weighted by Gasteiger charge is -2.11. The molecule has 1 amide bonds. The molecule has 3 heterocycles. The zero-order valence-electron chi connectivity index (χ0n) is 21.6. The molecule has 8 nitrogen and oxygen atoms in total. The van der Waals surface area contributed by atoms with E-state index in [0.29, 0.717) is 45.9 Å². The van der Waals surface area contributed by atoms with Crippen molar-refractivity contribution in [3.05, 3.63) is 95.6 Å². The largest absolute Gasteiger partial charge is 0.489 e. The van der Waals surface area contributed by atoms with E-state index in [1.54, 1.807) is 31.2 Å². The van der Waals surface area contributed by atoms with Crippen molar-refractivity contribution in [2.24, 2.45) is 0 Å². The molecule has 0 saturated carbocycles. The van der Waals surface area contributed by atoms with Crippen molar-refractivity contribution >= 4 is 17.4 Å². The summed E-state index contributed by atoms with van der Waals surface area (Å²) in [6, 6.07) is 13.5. The van der Waals surface area contributed by atoms with Gasteiger partial charge in [-0.05, 0) is 61.0 Å². The van der Waals surface area contributed by atoms with E-state index in [9.17, 15) is 22.4 Å². The van der Waals surface area contributed by atoms with E-state index in [4.69, 9.17) is 14.8 Å². The van der Waals surface area contributed by atoms with Crippen molar-refractivity contribution in [1.82, 2.24) is 19.6 Å². The van der Waals surface area contributed by atoms with Crippen LogP contribution >= 0.6 is 0 Å². The fourth-order valence-electron chi connectivity index (χ4n) is 4.21. The molecule has 0 aliphatic heterocycles. The molecule has 0 bridgehead atoms. The number of fused-ring (bicyclic) bond motifs is 1. The number of carbonyl (C=O) groups is 1. The van der Waals surface area contributed by atoms with Gasteiger partial charge in [-0.1, -0.05) is 6.07 Å². The number of aromatic nitrogens is 4. The number of imidazole rings is 1. The summed E-state index contributed by atoms with van der Waals surface area (Å²) in [6.07, 6.45) is -1.24. The van der Waals surface area contributed by atoms with Gasteiger partial charge in [0.2, 0.25) is 0 Å². The number of aliphatic hydroxyl groups is 1. The second-order valence-corrected chi connectivity index (χ2v) is 9.09. The van der Waals surface area contributed by atoms with E-state index in [2.05, 4.69) is 15.4 Å². The summed E-state index contributed by atoms with van der Waals surface area (Å²) in [6.45, 7) is 1.82. The number of aliphatic hydroxyl groups excluding tert-OH is 1. The van der Waals surface area contributed by atoms with Crippen molar-refractivity contribution in [2.75, 3.05) is 18.5 Å². The number of hydrogen-bond acceptors (Lipinski definition) is 6. The monoisotopic (exact) mass is 565 g/mol. The first-order chi connectivity index (χ1) is 19.7. The highest BCUT2D eigenvalue weighted by molar-refractivity contribution is 6.04. The molecule has 0 saturated heterocycles. The van der Waals surface area contributed by atoms with Gasteiger partial charge in [-0.25, -0.2) is 18.9 Å². The van der Waals surface area contributed by atoms with Crippen molar-refractivity contribution in [3.63, 3.8) is 0 Å². The number of anilines is 1. The number of rotatable bonds is 8. The van der Waals surface area contributed by atoms with Crippen LogP contribution in [0.3, 0.4) is 0 Å². The van der Waals surface area contributed by atoms with Gasteiger partial charge in [-0.3, -0.25) is 4.79 Å². The Labute approximate surface area is 231 Å². The molecule has 5 rings (SSSR count). The van der Waals surface area contributed by atoms with Crippen LogP contribution in [0.15, 0.2) is 73.1 Å². The minimum Gasteiger partial charge on any atom is -0.489 e. The van der Waals surface area contributed by atoms with Gasteiger partial charge in [-0.15, -0.1) is 0 Å². The second-order valence-electron chi connectivity index (χ2n) is 9.09. The number of hydrogen-bond donors (Lipinski definition) is 2. The average Bonchev–Trinajstić information content (AvgIpc) is 3.35. The number of nitrogens with one attached hydrogen (secondary N) is 1. The molecule has 0 aliphatic rings. The molecular formula is C29H23F4N5O3. The van der Waals surface area contributed by atoms with Crippen molar-refractivity contribution in [1.29, 1.82) is 0 Å². The molecule has 0 fully saturated rings. The molecule has 0 unspecified atom stereocenters. The molecule has 3 aromatic heterocycles. The number of nitrogens with zero attached hydrogens (tertiary/aromatic N) is 4. The normalized spacial score (nSPS) is 11.6. The van der Waals surface area contributed by atoms with Gasteiger partial charge < -0.3 is 15.2 Å². The van der Waals surface area contributed by atoms with Gasteiger partial charge in [-0.2, -0.15) is 18.3 Å². The summed E-state index contributed by atoms with van der Waals surface area (Å²) >= 11 is 0. The average molecular weight is 566 g/mol. The van der Waals surface area contributed by atoms with Crippen LogP contribution in [0.5, 0.6) is 5.75 Å². The molecule has 5 aromatic rings. The highest BCUT2D eigenvalue weighted by Gasteiger charge is 2.31. The maximum atomic E-state index is 14.1. The minimum atomic E-state index is -4.60. The first-order valence-corrected chi connectivity index (χ1v) is 12.5. The molecule has 0 spiro atoms. The third-order valence-corrected chi connectivity index (χ3v) is 6.20. The van der Waals surface area contributed by atoms with Crippen molar-refractivity contribution in [2.45, 2.75) is 19.5 Å². The van der Waals surface area contributed by atoms with Crippen molar-refractivity contribution < 1.29 is 32.2 Å². The SMILES string of the molecule is Cc1cc(-c2nc3c(OCCCO)ccnn3c2-c2ccnc(NC(=O)c3cccc(C(F)(F)F)c3)c2)ccc1F. The Balaban J connectivity index is 1.58. The molecule has 12 heteroatoms. The number of benzene rings is 2. The van der Waals surface area contributed by atoms with E-state index in [1.165, 1.54) is 35.1 Å². The lowest BCUT2D eigenvalue weighted by atomic mass is 10.0. The van der Waals surface area contributed by atoms with E-state index >= 15 is 0 Å². The van der Waals surface area contributed by atoms with Crippen LogP contribution in [0.2, 0.25) is 0 Å². The Bertz CT molecular complexity index is 1740. The van der Waals surface area contributed by atoms with Gasteiger partial charge in [0.15, 0.2) is 11.4 Å². The number of pyridine rings is 1. The summed E-state index contributed by atoms with van der Waals surface area (Å²) in [4.78, 5) is 21.7. The molecular weight excluding hydrogens is 542 g/mol. The third kappa shape index (κ3) is 5.87. The van der Waals surface area contributed by atoms with E-state index in [1.807, 2.05) is 0 Å². The standard InChI is InChI=1S/C29H23F4N5O3/c1-17-14-18(6-7-22(17)30)25-26(38-27(37-25)23(9-11-35-38)41-13-3-12-39)19-8-10-34-24(16-19)36-28(40)20-4-2-5-21(15-20)29(31,32)33/h2,4-11,14-16,39H,3,12-13H2,1H3,(H,34,36,40). The molecule has 0 atom stereocenters. The van der Waals surface area contributed by atoms with Crippen LogP contribution in [0.4, 0.5) is 23.4 Å². The second kappa shape index (κ2) is 11.3. The van der Waals surface area contributed by atoms with E-state index in [0.717, 1.165) is 18.2 Å². The molecule has 2 aromatic carbocycles. The van der Waals surface area contributed by atoms with Crippen LogP contribution < -0.4 is 10.1 Å². The topological polar surface area (TPSA) is 102 Å². The fraction of sp³-hybridized carbons (Fsp3) is 0.172. The number of alkyl halides is 3. The molecule has 41 heavy (non-hydrogen) atoms. The maximum absolute atomic E-state index is 14.1. The Kier molecular flexibility index (Phi) is 7.66. The predicted octanol–water partition coefficient (Wildman–Crippen LogP) is 5.94. The third-order valence-electron chi connectivity index (χ3n) is 6.20. The van der Waals surface area contributed by atoms with Gasteiger partial charge in [0.1, 0.15) is 17.3 Å². The smallest absolute Gasteiger partial charge is 0.416 e. The van der Waals surface area contributed by atoms with Gasteiger partial charge in [0.25, 0.3) is 5.91 Å². The summed E-state index contributed by atoms with van der Waals surface area (Å²) < 4.78 is 60.9. The van der Waals surface area contributed by atoms with E-state index in [-0.39, 0.29) is 30.4 Å². The summed E-state index contributed by atoms with van der Waals surface area (Å²) in [5.74, 6) is -0.664. The van der Waals surface area contributed by atoms with Crippen LogP contribution in [-0.4, -0.2) is 43.8 Å². The van der Waals surface area contributed by atoms with Crippen LogP contribution in [0.1, 0.15) is 27.9 Å². The number of aryl methyl sites for hydroxylation is 1. The molecule has 210 valence electrons. The summed E-state index contributed by atoms with van der Waals surface area (Å²) in [7, 11) is 0. The number of halogens is 4. The molecule has 0 radical (unpaired) electrons. The van der Waals surface area contributed by atoms with Crippen LogP contribution in [0.25, 0.3) is 28.2 Å². The highest BCUT2D eigenvalue weighted by atomic mass is 19.4. The first-order valence-electron chi connectivity index (χ1n) is 12.5. The Morgan fingerprint density at radius 2 is 1.88 bits per heavy atom. The zero-order chi connectivity index (χ0) is 29.1. The Morgan fingerprint density at radius 1 is 1.05 bits per heavy atom. The van der Waals surface area contributed by atoms with Gasteiger partial charge in [0.05, 0.1) is 24.1 Å². The predicted molar refractivity (Wildman–Crippen MR) is 143 cm³/mol. The maximum Gasteiger partial charge on any atom is 0.416 e. The van der Waals surface area contributed by atoms with Crippen LogP contribution in [0, 0.1) is 12.7 Å². The fourth-order valence-corrected chi connectivity index (χ4v) is 4.21. The molecule has 0 aliphatic carbocycles. The van der Waals surface area contributed by atoms with Gasteiger partial charge >= 0.3 is 6.18 Å². The number of amides is 1. The quantitative estimate of drug-likeness (QED) is 0.178. The first kappa shape index (κ1) is 27.7. The number of ether oxygens (including phenoxy) is 1. The Morgan fingerprint density at radius 3 is 2.63 bits per heavy atom. The zero-order valence-corrected chi connectivity index (χ0v) is 21.6. The minimum absolute atomic E-state index is 0.0484. The lowest BCUT2D eigenvalue weighted by molar-refractivity contribution is -0.137. The van der Waals surface area contributed by atoms with Crippen molar-refractivity contribution in [3.8, 4) is 28.3 Å². The van der Waals surface area contributed by atoms with Gasteiger partial charge in [0, 0.05) is 42.0 Å². The lowest BCUT2D eigenvalue weighted by Crippen LogP contribution is -2.14. The Hall–Kier alpha value is -4.84.